The number of ether oxygens (including phenoxy) is 2. The Labute approximate surface area is 194 Å². The van der Waals surface area contributed by atoms with E-state index >= 15 is 0 Å². The maximum atomic E-state index is 13.0. The van der Waals surface area contributed by atoms with Crippen molar-refractivity contribution in [1.82, 2.24) is 10.6 Å². The number of rotatable bonds is 7. The second-order valence-corrected chi connectivity index (χ2v) is 8.16. The second-order valence-electron chi connectivity index (χ2n) is 8.16. The molecule has 9 heteroatoms. The molecule has 2 atom stereocenters. The van der Waals surface area contributed by atoms with Crippen LogP contribution >= 0.6 is 12.4 Å². The lowest BCUT2D eigenvalue weighted by Crippen LogP contribution is -2.46. The van der Waals surface area contributed by atoms with Gasteiger partial charge in [0.15, 0.2) is 0 Å². The van der Waals surface area contributed by atoms with E-state index in [1.165, 1.54) is 19.3 Å². The molecule has 0 bridgehead atoms. The van der Waals surface area contributed by atoms with Gasteiger partial charge in [-0.15, -0.1) is 12.4 Å². The molecule has 0 spiro atoms. The summed E-state index contributed by atoms with van der Waals surface area (Å²) in [5.41, 5.74) is 7.16. The van der Waals surface area contributed by atoms with E-state index in [2.05, 4.69) is 10.6 Å². The number of carbonyl (C=O) groups excluding carboxylic acids is 3. The molecule has 1 heterocycles. The molecule has 1 aromatic rings. The second kappa shape index (κ2) is 11.9. The average molecular weight is 466 g/mol. The minimum atomic E-state index is -0.732. The van der Waals surface area contributed by atoms with E-state index in [-0.39, 0.29) is 18.4 Å². The van der Waals surface area contributed by atoms with E-state index in [1.807, 2.05) is 6.92 Å². The predicted octanol–water partition coefficient (Wildman–Crippen LogP) is 3.50. The molecular formula is C23H32ClN3O5. The molecule has 1 aliphatic heterocycles. The Morgan fingerprint density at radius 3 is 2.41 bits per heavy atom. The Morgan fingerprint density at radius 2 is 1.81 bits per heavy atom. The van der Waals surface area contributed by atoms with Gasteiger partial charge in [-0.3, -0.25) is 0 Å². The molecule has 1 saturated carbocycles. The molecule has 176 valence electrons. The third-order valence-electron chi connectivity index (χ3n) is 5.71. The molecule has 3 rings (SSSR count). The van der Waals surface area contributed by atoms with Crippen LogP contribution in [-0.2, 0) is 14.3 Å². The van der Waals surface area contributed by atoms with Crippen LogP contribution < -0.4 is 21.1 Å². The number of amides is 2. The third kappa shape index (κ3) is 6.46. The van der Waals surface area contributed by atoms with Crippen LogP contribution in [0.1, 0.15) is 64.0 Å². The van der Waals surface area contributed by atoms with Gasteiger partial charge < -0.3 is 25.8 Å². The molecule has 2 aliphatic rings. The molecule has 4 N–H and O–H groups in total. The largest absolute Gasteiger partial charge is 0.462 e. The summed E-state index contributed by atoms with van der Waals surface area (Å²) in [6.07, 6.45) is 6.22. The van der Waals surface area contributed by atoms with Gasteiger partial charge in [0.1, 0.15) is 11.8 Å². The van der Waals surface area contributed by atoms with Gasteiger partial charge in [-0.1, -0.05) is 38.3 Å². The Morgan fingerprint density at radius 1 is 1.16 bits per heavy atom. The van der Waals surface area contributed by atoms with Crippen LogP contribution in [0, 0.1) is 5.92 Å². The van der Waals surface area contributed by atoms with Crippen molar-refractivity contribution in [1.29, 1.82) is 0 Å². The van der Waals surface area contributed by atoms with Crippen molar-refractivity contribution >= 4 is 30.4 Å². The number of halogens is 1. The quantitative estimate of drug-likeness (QED) is 0.418. The third-order valence-corrected chi connectivity index (χ3v) is 5.71. The molecule has 1 aliphatic carbocycles. The normalized spacial score (nSPS) is 19.8. The average Bonchev–Trinajstić information content (AvgIpc) is 2.78. The summed E-state index contributed by atoms with van der Waals surface area (Å²) in [6.45, 7) is 3.82. The number of urea groups is 1. The summed E-state index contributed by atoms with van der Waals surface area (Å²) in [4.78, 5) is 36.9. The first-order valence-electron chi connectivity index (χ1n) is 10.9. The highest BCUT2D eigenvalue weighted by atomic mass is 35.5. The topological polar surface area (TPSA) is 120 Å². The highest BCUT2D eigenvalue weighted by Crippen LogP contribution is 2.31. The fourth-order valence-corrected chi connectivity index (χ4v) is 3.95. The van der Waals surface area contributed by atoms with Gasteiger partial charge in [-0.05, 0) is 49.8 Å². The highest BCUT2D eigenvalue weighted by Gasteiger charge is 2.33. The number of esters is 2. The van der Waals surface area contributed by atoms with E-state index in [0.29, 0.717) is 41.5 Å². The van der Waals surface area contributed by atoms with Gasteiger partial charge >= 0.3 is 18.0 Å². The maximum absolute atomic E-state index is 13.0. The van der Waals surface area contributed by atoms with Gasteiger partial charge in [0.25, 0.3) is 0 Å². The number of nitrogens with two attached hydrogens (primary N) is 1. The molecule has 8 nitrogen and oxygen atoms in total. The molecule has 0 saturated heterocycles. The summed E-state index contributed by atoms with van der Waals surface area (Å²) < 4.78 is 10.9. The Kier molecular flexibility index (Phi) is 9.53. The number of carbonyl (C=O) groups is 3. The van der Waals surface area contributed by atoms with Crippen LogP contribution in [0.15, 0.2) is 35.5 Å². The van der Waals surface area contributed by atoms with Crippen LogP contribution in [0.4, 0.5) is 4.79 Å². The van der Waals surface area contributed by atoms with E-state index < -0.39 is 24.0 Å². The first-order valence-corrected chi connectivity index (χ1v) is 10.9. The molecule has 2 amide bonds. The monoisotopic (exact) mass is 465 g/mol. The molecule has 0 radical (unpaired) electrons. The standard InChI is InChI=1S/C23H31N3O5.ClH/c1-3-18-19(22(28)30-13-15-7-5-4-6-8-15)20(26-23(29)25-18)16-9-11-17(12-10-16)31-21(27)14(2)24;/h9-12,14-15,20H,3-8,13,24H2,1-2H3,(H2,25,26,29);1H/t14-,20?;/m0./s1. The van der Waals surface area contributed by atoms with Crippen LogP contribution in [0.3, 0.4) is 0 Å². The van der Waals surface area contributed by atoms with Crippen LogP contribution in [0.25, 0.3) is 0 Å². The lowest BCUT2D eigenvalue weighted by molar-refractivity contribution is -0.141. The fraction of sp³-hybridized carbons (Fsp3) is 0.522. The first kappa shape index (κ1) is 25.7. The zero-order valence-corrected chi connectivity index (χ0v) is 19.3. The Balaban J connectivity index is 0.00000363. The molecule has 1 aromatic carbocycles. The van der Waals surface area contributed by atoms with Crippen molar-refractivity contribution in [3.63, 3.8) is 0 Å². The molecule has 1 unspecified atom stereocenters. The Hall–Kier alpha value is -2.58. The number of hydrogen-bond acceptors (Lipinski definition) is 6. The fourth-order valence-electron chi connectivity index (χ4n) is 3.95. The van der Waals surface area contributed by atoms with Gasteiger partial charge in [-0.25, -0.2) is 14.4 Å². The number of benzene rings is 1. The molecule has 32 heavy (non-hydrogen) atoms. The summed E-state index contributed by atoms with van der Waals surface area (Å²) in [5.74, 6) is -0.227. The van der Waals surface area contributed by atoms with Crippen LogP contribution in [0.2, 0.25) is 0 Å². The lowest BCUT2D eigenvalue weighted by Gasteiger charge is -2.30. The van der Waals surface area contributed by atoms with Crippen molar-refractivity contribution in [2.24, 2.45) is 11.7 Å². The summed E-state index contributed by atoms with van der Waals surface area (Å²) in [7, 11) is 0. The predicted molar refractivity (Wildman–Crippen MR) is 122 cm³/mol. The van der Waals surface area contributed by atoms with Gasteiger partial charge in [0, 0.05) is 5.70 Å². The van der Waals surface area contributed by atoms with E-state index in [0.717, 1.165) is 12.8 Å². The lowest BCUT2D eigenvalue weighted by atomic mass is 9.90. The first-order chi connectivity index (χ1) is 14.9. The number of nitrogens with one attached hydrogen (secondary N) is 2. The molecule has 0 aromatic heterocycles. The van der Waals surface area contributed by atoms with Crippen molar-refractivity contribution in [3.8, 4) is 5.75 Å². The minimum Gasteiger partial charge on any atom is -0.462 e. The van der Waals surface area contributed by atoms with Crippen molar-refractivity contribution < 1.29 is 23.9 Å². The molecular weight excluding hydrogens is 434 g/mol. The van der Waals surface area contributed by atoms with Crippen molar-refractivity contribution in [3.05, 3.63) is 41.1 Å². The van der Waals surface area contributed by atoms with E-state index in [9.17, 15) is 14.4 Å². The van der Waals surface area contributed by atoms with Crippen LogP contribution in [-0.4, -0.2) is 30.6 Å². The highest BCUT2D eigenvalue weighted by molar-refractivity contribution is 5.95. The number of hydrogen-bond donors (Lipinski definition) is 3. The summed E-state index contributed by atoms with van der Waals surface area (Å²) >= 11 is 0. The summed E-state index contributed by atoms with van der Waals surface area (Å²) in [5, 5.41) is 5.54. The van der Waals surface area contributed by atoms with Gasteiger partial charge in [-0.2, -0.15) is 0 Å². The van der Waals surface area contributed by atoms with E-state index in [1.54, 1.807) is 31.2 Å². The van der Waals surface area contributed by atoms with Crippen molar-refractivity contribution in [2.45, 2.75) is 64.5 Å². The van der Waals surface area contributed by atoms with Gasteiger partial charge in [0.05, 0.1) is 18.2 Å². The zero-order valence-electron chi connectivity index (χ0n) is 18.5. The van der Waals surface area contributed by atoms with E-state index in [4.69, 9.17) is 15.2 Å². The van der Waals surface area contributed by atoms with Crippen molar-refractivity contribution in [2.75, 3.05) is 6.61 Å². The maximum Gasteiger partial charge on any atom is 0.338 e. The summed E-state index contributed by atoms with van der Waals surface area (Å²) in [6, 6.07) is 4.88. The van der Waals surface area contributed by atoms with Gasteiger partial charge in [0.2, 0.25) is 0 Å². The van der Waals surface area contributed by atoms with Crippen LogP contribution in [0.5, 0.6) is 5.75 Å². The number of allylic oxidation sites excluding steroid dienone is 1. The Bertz CT molecular complexity index is 848. The zero-order chi connectivity index (χ0) is 22.4. The minimum absolute atomic E-state index is 0. The smallest absolute Gasteiger partial charge is 0.338 e. The molecule has 1 fully saturated rings. The SMILES string of the molecule is CCC1=C(C(=O)OCC2CCCCC2)C(c2ccc(OC(=O)[C@H](C)N)cc2)NC(=O)N1.Cl.